The number of hydrogen-bond acceptors (Lipinski definition) is 3. The predicted octanol–water partition coefficient (Wildman–Crippen LogP) is 5.15. The highest BCUT2D eigenvalue weighted by molar-refractivity contribution is 7.99. The van der Waals surface area contributed by atoms with Gasteiger partial charge in [-0.1, -0.05) is 38.1 Å². The summed E-state index contributed by atoms with van der Waals surface area (Å²) in [5, 5.41) is 0. The summed E-state index contributed by atoms with van der Waals surface area (Å²) in [6.07, 6.45) is 7.44. The van der Waals surface area contributed by atoms with Gasteiger partial charge in [0.25, 0.3) is 0 Å². The number of methoxy groups -OCH3 is 1. The van der Waals surface area contributed by atoms with Gasteiger partial charge in [0.05, 0.1) is 7.11 Å². The van der Waals surface area contributed by atoms with E-state index in [1.807, 2.05) is 30.8 Å². The lowest BCUT2D eigenvalue weighted by atomic mass is 9.85. The van der Waals surface area contributed by atoms with Crippen molar-refractivity contribution in [3.05, 3.63) is 59.2 Å². The van der Waals surface area contributed by atoms with Crippen molar-refractivity contribution >= 4 is 23.3 Å². The Morgan fingerprint density at radius 1 is 1.30 bits per heavy atom. The van der Waals surface area contributed by atoms with Crippen LogP contribution in [0.15, 0.2) is 53.0 Å². The SMILES string of the molecule is COC(=O)/C=C(C)/C=C/C=C(\C)c1ccc2c(c1)C(C)(C)CS2. The average Bonchev–Trinajstić information content (AvgIpc) is 2.82. The first-order valence-corrected chi connectivity index (χ1v) is 8.71. The standard InChI is InChI=1S/C20H24O2S/c1-14(11-19(21)22-5)7-6-8-15(2)16-9-10-18-17(12-16)20(3,4)13-23-18/h6-12H,13H2,1-5H3/b7-6+,14-11+,15-8+. The molecule has 0 radical (unpaired) electrons. The summed E-state index contributed by atoms with van der Waals surface area (Å²) in [4.78, 5) is 12.6. The Labute approximate surface area is 143 Å². The lowest BCUT2D eigenvalue weighted by Gasteiger charge is -2.18. The number of esters is 1. The summed E-state index contributed by atoms with van der Waals surface area (Å²) in [7, 11) is 1.38. The largest absolute Gasteiger partial charge is 0.466 e. The molecule has 0 saturated carbocycles. The minimum atomic E-state index is -0.328. The number of carbonyl (C=O) groups excluding carboxylic acids is 1. The van der Waals surface area contributed by atoms with Gasteiger partial charge in [-0.25, -0.2) is 4.79 Å². The number of fused-ring (bicyclic) bond motifs is 1. The highest BCUT2D eigenvalue weighted by Crippen LogP contribution is 2.44. The van der Waals surface area contributed by atoms with E-state index in [1.165, 1.54) is 34.8 Å². The zero-order valence-electron chi connectivity index (χ0n) is 14.5. The third-order valence-corrected chi connectivity index (χ3v) is 5.54. The zero-order valence-corrected chi connectivity index (χ0v) is 15.3. The molecule has 1 aromatic carbocycles. The fourth-order valence-electron chi connectivity index (χ4n) is 2.50. The summed E-state index contributed by atoms with van der Waals surface area (Å²) in [6.45, 7) is 8.59. The smallest absolute Gasteiger partial charge is 0.330 e. The molecule has 0 spiro atoms. The van der Waals surface area contributed by atoms with E-state index in [2.05, 4.69) is 49.8 Å². The molecule has 1 aliphatic heterocycles. The molecule has 1 heterocycles. The highest BCUT2D eigenvalue weighted by Gasteiger charge is 2.30. The van der Waals surface area contributed by atoms with Crippen molar-refractivity contribution < 1.29 is 9.53 Å². The van der Waals surface area contributed by atoms with Crippen molar-refractivity contribution in [3.63, 3.8) is 0 Å². The number of carbonyl (C=O) groups is 1. The Hall–Kier alpha value is -1.74. The molecule has 0 N–H and O–H groups in total. The van der Waals surface area contributed by atoms with Crippen LogP contribution in [0.4, 0.5) is 0 Å². The molecular formula is C20H24O2S. The number of ether oxygens (including phenoxy) is 1. The molecule has 23 heavy (non-hydrogen) atoms. The first-order valence-electron chi connectivity index (χ1n) is 7.72. The van der Waals surface area contributed by atoms with Crippen molar-refractivity contribution in [1.29, 1.82) is 0 Å². The first kappa shape index (κ1) is 17.6. The van der Waals surface area contributed by atoms with Crippen LogP contribution >= 0.6 is 11.8 Å². The molecule has 0 fully saturated rings. The molecule has 1 aliphatic rings. The second-order valence-corrected chi connectivity index (χ2v) is 7.52. The lowest BCUT2D eigenvalue weighted by molar-refractivity contribution is -0.134. The molecule has 0 saturated heterocycles. The normalized spacial score (nSPS) is 17.4. The van der Waals surface area contributed by atoms with E-state index in [-0.39, 0.29) is 11.4 Å². The second kappa shape index (κ2) is 7.22. The van der Waals surface area contributed by atoms with Crippen LogP contribution in [0.3, 0.4) is 0 Å². The van der Waals surface area contributed by atoms with Crippen LogP contribution in [0.2, 0.25) is 0 Å². The summed E-state index contributed by atoms with van der Waals surface area (Å²) in [6, 6.07) is 6.73. The Morgan fingerprint density at radius 3 is 2.74 bits per heavy atom. The van der Waals surface area contributed by atoms with Gasteiger partial charge in [-0.3, -0.25) is 0 Å². The molecule has 2 nitrogen and oxygen atoms in total. The maximum atomic E-state index is 11.2. The molecule has 2 rings (SSSR count). The van der Waals surface area contributed by atoms with Gasteiger partial charge in [-0.05, 0) is 48.3 Å². The Morgan fingerprint density at radius 2 is 2.04 bits per heavy atom. The van der Waals surface area contributed by atoms with E-state index in [9.17, 15) is 4.79 Å². The van der Waals surface area contributed by atoms with Crippen LogP contribution in [-0.4, -0.2) is 18.8 Å². The van der Waals surface area contributed by atoms with Crippen LogP contribution in [-0.2, 0) is 14.9 Å². The fraction of sp³-hybridized carbons (Fsp3) is 0.350. The van der Waals surface area contributed by atoms with Crippen molar-refractivity contribution in [2.75, 3.05) is 12.9 Å². The maximum Gasteiger partial charge on any atom is 0.330 e. The number of allylic oxidation sites excluding steroid dienone is 5. The zero-order chi connectivity index (χ0) is 17.0. The second-order valence-electron chi connectivity index (χ2n) is 6.50. The maximum absolute atomic E-state index is 11.2. The summed E-state index contributed by atoms with van der Waals surface area (Å²) in [5.74, 6) is 0.817. The molecule has 1 aromatic rings. The van der Waals surface area contributed by atoms with Gasteiger partial charge in [0.15, 0.2) is 0 Å². The highest BCUT2D eigenvalue weighted by atomic mass is 32.2. The Kier molecular flexibility index (Phi) is 5.53. The Balaban J connectivity index is 2.17. The van der Waals surface area contributed by atoms with Crippen molar-refractivity contribution in [2.45, 2.75) is 38.0 Å². The summed E-state index contributed by atoms with van der Waals surface area (Å²) >= 11 is 1.94. The van der Waals surface area contributed by atoms with Crippen LogP contribution < -0.4 is 0 Å². The number of benzene rings is 1. The van der Waals surface area contributed by atoms with Crippen LogP contribution in [0.5, 0.6) is 0 Å². The lowest BCUT2D eigenvalue weighted by Crippen LogP contribution is -2.15. The van der Waals surface area contributed by atoms with E-state index >= 15 is 0 Å². The van der Waals surface area contributed by atoms with Gasteiger partial charge < -0.3 is 4.74 Å². The molecular weight excluding hydrogens is 304 g/mol. The van der Waals surface area contributed by atoms with Gasteiger partial charge in [0, 0.05) is 22.1 Å². The monoisotopic (exact) mass is 328 g/mol. The topological polar surface area (TPSA) is 26.3 Å². The summed E-state index contributed by atoms with van der Waals surface area (Å²) < 4.78 is 4.61. The van der Waals surface area contributed by atoms with E-state index in [1.54, 1.807) is 0 Å². The molecule has 0 amide bonds. The van der Waals surface area contributed by atoms with Crippen LogP contribution in [0.25, 0.3) is 5.57 Å². The molecule has 0 atom stereocenters. The van der Waals surface area contributed by atoms with Gasteiger partial charge in [-0.15, -0.1) is 11.8 Å². The van der Waals surface area contributed by atoms with E-state index < -0.39 is 0 Å². The van der Waals surface area contributed by atoms with Crippen molar-refractivity contribution in [1.82, 2.24) is 0 Å². The van der Waals surface area contributed by atoms with Gasteiger partial charge in [0.1, 0.15) is 0 Å². The van der Waals surface area contributed by atoms with E-state index in [0.717, 1.165) is 11.3 Å². The quantitative estimate of drug-likeness (QED) is 0.434. The molecule has 0 aliphatic carbocycles. The van der Waals surface area contributed by atoms with Crippen molar-refractivity contribution in [3.8, 4) is 0 Å². The molecule has 3 heteroatoms. The predicted molar refractivity (Wildman–Crippen MR) is 98.8 cm³/mol. The third-order valence-electron chi connectivity index (χ3n) is 4.00. The number of hydrogen-bond donors (Lipinski definition) is 0. The summed E-state index contributed by atoms with van der Waals surface area (Å²) in [5.41, 5.74) is 5.01. The minimum absolute atomic E-state index is 0.242. The first-order chi connectivity index (χ1) is 10.8. The van der Waals surface area contributed by atoms with E-state index in [4.69, 9.17) is 0 Å². The third kappa shape index (κ3) is 4.38. The molecule has 0 unspecified atom stereocenters. The van der Waals surface area contributed by atoms with Gasteiger partial charge in [0.2, 0.25) is 0 Å². The van der Waals surface area contributed by atoms with Crippen molar-refractivity contribution in [2.24, 2.45) is 0 Å². The molecule has 0 aromatic heterocycles. The van der Waals surface area contributed by atoms with Gasteiger partial charge in [-0.2, -0.15) is 0 Å². The number of rotatable bonds is 4. The van der Waals surface area contributed by atoms with Crippen LogP contribution in [0.1, 0.15) is 38.8 Å². The van der Waals surface area contributed by atoms with Gasteiger partial charge >= 0.3 is 5.97 Å². The number of thioether (sulfide) groups is 1. The minimum Gasteiger partial charge on any atom is -0.466 e. The molecule has 0 bridgehead atoms. The Bertz CT molecular complexity index is 694. The fourth-order valence-corrected chi connectivity index (χ4v) is 3.83. The van der Waals surface area contributed by atoms with E-state index in [0.29, 0.717) is 0 Å². The van der Waals surface area contributed by atoms with Crippen LogP contribution in [0, 0.1) is 0 Å². The molecule has 122 valence electrons. The average molecular weight is 328 g/mol.